The van der Waals surface area contributed by atoms with E-state index in [0.717, 1.165) is 16.3 Å². The van der Waals surface area contributed by atoms with E-state index in [2.05, 4.69) is 39.6 Å². The highest BCUT2D eigenvalue weighted by molar-refractivity contribution is 8.00. The predicted molar refractivity (Wildman–Crippen MR) is 105 cm³/mol. The minimum atomic E-state index is -0.0504. The highest BCUT2D eigenvalue weighted by Crippen LogP contribution is 2.25. The molecule has 0 unspecified atom stereocenters. The molecule has 0 aliphatic heterocycles. The van der Waals surface area contributed by atoms with Crippen LogP contribution in [0.3, 0.4) is 0 Å². The number of rotatable bonds is 5. The van der Waals surface area contributed by atoms with Gasteiger partial charge in [0.1, 0.15) is 0 Å². The third-order valence-corrected chi connectivity index (χ3v) is 5.47. The number of benzene rings is 2. The summed E-state index contributed by atoms with van der Waals surface area (Å²) in [6.07, 6.45) is 1.85. The van der Waals surface area contributed by atoms with Crippen LogP contribution in [0, 0.1) is 0 Å². The van der Waals surface area contributed by atoms with Crippen LogP contribution in [0.2, 0.25) is 0 Å². The lowest BCUT2D eigenvalue weighted by Gasteiger charge is -2.04. The summed E-state index contributed by atoms with van der Waals surface area (Å²) in [5, 5.41) is 7.80. The van der Waals surface area contributed by atoms with Gasteiger partial charge in [0.15, 0.2) is 5.13 Å². The fourth-order valence-corrected chi connectivity index (χ4v) is 3.98. The predicted octanol–water partition coefficient (Wildman–Crippen LogP) is 5.02. The Morgan fingerprint density at radius 3 is 2.84 bits per heavy atom. The number of thioether (sulfide) groups is 1. The molecule has 0 radical (unpaired) electrons. The Morgan fingerprint density at radius 2 is 2.00 bits per heavy atom. The summed E-state index contributed by atoms with van der Waals surface area (Å²) < 4.78 is 0. The molecule has 25 heavy (non-hydrogen) atoms. The molecule has 4 aromatic rings. The Bertz CT molecular complexity index is 1010. The Kier molecular flexibility index (Phi) is 4.54. The van der Waals surface area contributed by atoms with Gasteiger partial charge in [-0.05, 0) is 35.0 Å². The molecule has 0 fully saturated rings. The van der Waals surface area contributed by atoms with Crippen LogP contribution in [0.1, 0.15) is 0 Å². The first-order chi connectivity index (χ1) is 12.3. The topological polar surface area (TPSA) is 57.8 Å². The van der Waals surface area contributed by atoms with Crippen LogP contribution < -0.4 is 5.32 Å². The van der Waals surface area contributed by atoms with Crippen LogP contribution in [0.4, 0.5) is 5.13 Å². The molecule has 124 valence electrons. The van der Waals surface area contributed by atoms with Crippen LogP contribution in [-0.4, -0.2) is 21.6 Å². The van der Waals surface area contributed by atoms with E-state index in [4.69, 9.17) is 0 Å². The summed E-state index contributed by atoms with van der Waals surface area (Å²) in [7, 11) is 0. The van der Waals surface area contributed by atoms with E-state index in [1.807, 2.05) is 41.9 Å². The van der Waals surface area contributed by atoms with Crippen molar-refractivity contribution >= 4 is 44.9 Å². The van der Waals surface area contributed by atoms with E-state index in [-0.39, 0.29) is 5.91 Å². The van der Waals surface area contributed by atoms with Gasteiger partial charge in [0.05, 0.1) is 17.1 Å². The van der Waals surface area contributed by atoms with Gasteiger partial charge >= 0.3 is 0 Å². The van der Waals surface area contributed by atoms with Crippen LogP contribution in [0.25, 0.3) is 22.2 Å². The first-order valence-corrected chi connectivity index (χ1v) is 9.65. The number of thiazole rings is 1. The Hall–Kier alpha value is -2.57. The molecule has 1 amide bonds. The second-order valence-corrected chi connectivity index (χ2v) is 7.37. The van der Waals surface area contributed by atoms with Gasteiger partial charge < -0.3 is 10.3 Å². The number of anilines is 1. The molecule has 2 heterocycles. The Morgan fingerprint density at radius 1 is 1.12 bits per heavy atom. The average Bonchev–Trinajstić information content (AvgIpc) is 3.31. The van der Waals surface area contributed by atoms with E-state index < -0.39 is 0 Å². The standard InChI is InChI=1S/C19H15N3OS2/c23-18(22-19-21-17(11-25-19)16-6-3-9-20-16)12-24-15-8-7-13-4-1-2-5-14(13)10-15/h1-11,20H,12H2,(H,21,22,23). The minimum absolute atomic E-state index is 0.0504. The molecule has 2 N–H and O–H groups in total. The second-order valence-electron chi connectivity index (χ2n) is 5.47. The number of H-pyrrole nitrogens is 1. The molecule has 0 saturated heterocycles. The molecule has 0 aliphatic carbocycles. The van der Waals surface area contributed by atoms with E-state index in [9.17, 15) is 4.79 Å². The van der Waals surface area contributed by atoms with Gasteiger partial charge in [0.25, 0.3) is 0 Å². The zero-order valence-electron chi connectivity index (χ0n) is 13.2. The SMILES string of the molecule is O=C(CSc1ccc2ccccc2c1)Nc1nc(-c2ccc[nH]2)cs1. The summed E-state index contributed by atoms with van der Waals surface area (Å²) in [5.74, 6) is 0.306. The van der Waals surface area contributed by atoms with Crippen molar-refractivity contribution in [2.24, 2.45) is 0 Å². The summed E-state index contributed by atoms with van der Waals surface area (Å²) in [4.78, 5) is 20.8. The lowest BCUT2D eigenvalue weighted by Crippen LogP contribution is -2.13. The number of amides is 1. The molecular formula is C19H15N3OS2. The van der Waals surface area contributed by atoms with Crippen LogP contribution >= 0.6 is 23.1 Å². The molecule has 0 aliphatic rings. The van der Waals surface area contributed by atoms with Crippen molar-refractivity contribution in [2.75, 3.05) is 11.1 Å². The molecule has 0 spiro atoms. The smallest absolute Gasteiger partial charge is 0.236 e. The number of nitrogens with one attached hydrogen (secondary N) is 2. The normalized spacial score (nSPS) is 10.9. The fourth-order valence-electron chi connectivity index (χ4n) is 2.51. The zero-order chi connectivity index (χ0) is 17.1. The maximum atomic E-state index is 12.2. The largest absolute Gasteiger partial charge is 0.360 e. The molecule has 6 heteroatoms. The van der Waals surface area contributed by atoms with Crippen LogP contribution in [0.5, 0.6) is 0 Å². The third-order valence-electron chi connectivity index (χ3n) is 3.72. The fraction of sp³-hybridized carbons (Fsp3) is 0.0526. The first-order valence-electron chi connectivity index (χ1n) is 7.79. The van der Waals surface area contributed by atoms with Crippen molar-refractivity contribution in [1.29, 1.82) is 0 Å². The number of carbonyl (C=O) groups excluding carboxylic acids is 1. The number of carbonyl (C=O) groups is 1. The van der Waals surface area contributed by atoms with Gasteiger partial charge in [-0.15, -0.1) is 23.1 Å². The zero-order valence-corrected chi connectivity index (χ0v) is 14.9. The number of hydrogen-bond donors (Lipinski definition) is 2. The van der Waals surface area contributed by atoms with Gasteiger partial charge in [0.2, 0.25) is 5.91 Å². The van der Waals surface area contributed by atoms with Crippen molar-refractivity contribution in [3.05, 3.63) is 66.2 Å². The van der Waals surface area contributed by atoms with Gasteiger partial charge in [-0.1, -0.05) is 30.3 Å². The number of nitrogens with zero attached hydrogens (tertiary/aromatic N) is 1. The van der Waals surface area contributed by atoms with Gasteiger partial charge in [-0.25, -0.2) is 4.98 Å². The van der Waals surface area contributed by atoms with E-state index in [1.165, 1.54) is 33.9 Å². The van der Waals surface area contributed by atoms with Crippen LogP contribution in [-0.2, 0) is 4.79 Å². The summed E-state index contributed by atoms with van der Waals surface area (Å²) in [6.45, 7) is 0. The lowest BCUT2D eigenvalue weighted by molar-refractivity contribution is -0.113. The highest BCUT2D eigenvalue weighted by atomic mass is 32.2. The molecular weight excluding hydrogens is 350 g/mol. The number of aromatic amines is 1. The van der Waals surface area contributed by atoms with Gasteiger partial charge in [-0.3, -0.25) is 4.79 Å². The van der Waals surface area contributed by atoms with Gasteiger partial charge in [0, 0.05) is 16.5 Å². The van der Waals surface area contributed by atoms with E-state index in [1.54, 1.807) is 0 Å². The van der Waals surface area contributed by atoms with E-state index in [0.29, 0.717) is 10.9 Å². The Labute approximate surface area is 153 Å². The molecule has 0 atom stereocenters. The van der Waals surface area contributed by atoms with Crippen molar-refractivity contribution in [3.63, 3.8) is 0 Å². The minimum Gasteiger partial charge on any atom is -0.360 e. The highest BCUT2D eigenvalue weighted by Gasteiger charge is 2.09. The second kappa shape index (κ2) is 7.13. The number of aromatic nitrogens is 2. The third kappa shape index (κ3) is 3.75. The monoisotopic (exact) mass is 365 g/mol. The number of hydrogen-bond acceptors (Lipinski definition) is 4. The van der Waals surface area contributed by atoms with Crippen LogP contribution in [0.15, 0.2) is 71.1 Å². The quantitative estimate of drug-likeness (QED) is 0.488. The van der Waals surface area contributed by atoms with Crippen molar-refractivity contribution in [2.45, 2.75) is 4.90 Å². The molecule has 2 aromatic carbocycles. The maximum Gasteiger partial charge on any atom is 0.236 e. The maximum absolute atomic E-state index is 12.2. The molecule has 2 aromatic heterocycles. The van der Waals surface area contributed by atoms with Crippen molar-refractivity contribution < 1.29 is 4.79 Å². The van der Waals surface area contributed by atoms with Crippen molar-refractivity contribution in [1.82, 2.24) is 9.97 Å². The summed E-state index contributed by atoms with van der Waals surface area (Å²) in [5.41, 5.74) is 1.79. The lowest BCUT2D eigenvalue weighted by atomic mass is 10.1. The number of fused-ring (bicyclic) bond motifs is 1. The first kappa shape index (κ1) is 15.9. The molecule has 0 saturated carbocycles. The Balaban J connectivity index is 1.37. The average molecular weight is 365 g/mol. The van der Waals surface area contributed by atoms with Gasteiger partial charge in [-0.2, -0.15) is 0 Å². The molecule has 4 rings (SSSR count). The summed E-state index contributed by atoms with van der Waals surface area (Å²) in [6, 6.07) is 18.3. The summed E-state index contributed by atoms with van der Waals surface area (Å²) >= 11 is 2.95. The molecule has 4 nitrogen and oxygen atoms in total. The van der Waals surface area contributed by atoms with E-state index >= 15 is 0 Å². The van der Waals surface area contributed by atoms with Crippen molar-refractivity contribution in [3.8, 4) is 11.4 Å². The molecule has 0 bridgehead atoms.